The highest BCUT2D eigenvalue weighted by Crippen LogP contribution is 2.42. The van der Waals surface area contributed by atoms with Gasteiger partial charge in [-0.1, -0.05) is 26.1 Å². The van der Waals surface area contributed by atoms with E-state index in [4.69, 9.17) is 9.47 Å². The normalized spacial score (nSPS) is 12.1. The third-order valence-electron chi connectivity index (χ3n) is 3.60. The first-order valence-electron chi connectivity index (χ1n) is 6.12. The number of rotatable bonds is 6. The van der Waals surface area contributed by atoms with Crippen LogP contribution in [0.3, 0.4) is 0 Å². The van der Waals surface area contributed by atoms with Crippen molar-refractivity contribution in [1.29, 1.82) is 0 Å². The molecule has 0 aliphatic carbocycles. The van der Waals surface area contributed by atoms with Gasteiger partial charge in [0.1, 0.15) is 0 Å². The number of ether oxygens (including phenoxy) is 2. The van der Waals surface area contributed by atoms with Gasteiger partial charge in [0, 0.05) is 0 Å². The van der Waals surface area contributed by atoms with Gasteiger partial charge in [-0.05, 0) is 20.8 Å². The zero-order chi connectivity index (χ0) is 13.7. The number of hydrogen-bond acceptors (Lipinski definition) is 4. The monoisotopic (exact) mass is 260 g/mol. The highest BCUT2D eigenvalue weighted by molar-refractivity contribution is 6.86. The van der Waals surface area contributed by atoms with E-state index in [0.717, 1.165) is 6.04 Å². The van der Waals surface area contributed by atoms with E-state index in [1.807, 2.05) is 20.0 Å². The van der Waals surface area contributed by atoms with Gasteiger partial charge in [-0.3, -0.25) is 9.59 Å². The summed E-state index contributed by atoms with van der Waals surface area (Å²) < 4.78 is 10.1. The highest BCUT2D eigenvalue weighted by Gasteiger charge is 2.55. The summed E-state index contributed by atoms with van der Waals surface area (Å²) in [6.45, 7) is 11.7. The Kier molecular flexibility index (Phi) is 5.88. The largest absolute Gasteiger partial charge is 0.465 e. The smallest absolute Gasteiger partial charge is 0.320 e. The molecule has 0 atom stereocenters. The molecule has 0 spiro atoms. The van der Waals surface area contributed by atoms with Gasteiger partial charge in [0.05, 0.1) is 21.3 Å². The fourth-order valence-electron chi connectivity index (χ4n) is 1.54. The van der Waals surface area contributed by atoms with E-state index in [0.29, 0.717) is 0 Å². The summed E-state index contributed by atoms with van der Waals surface area (Å²) in [6.07, 6.45) is 0. The lowest BCUT2D eigenvalue weighted by atomic mass is 10.1. The van der Waals surface area contributed by atoms with Crippen molar-refractivity contribution in [2.45, 2.75) is 51.9 Å². The van der Waals surface area contributed by atoms with Gasteiger partial charge >= 0.3 is 11.9 Å². The maximum atomic E-state index is 12.1. The van der Waals surface area contributed by atoms with Crippen LogP contribution in [0.25, 0.3) is 0 Å². The second-order valence-electron chi connectivity index (χ2n) is 4.80. The molecule has 0 radical (unpaired) electrons. The molecule has 0 aliphatic rings. The van der Waals surface area contributed by atoms with Crippen molar-refractivity contribution in [3.63, 3.8) is 0 Å². The standard InChI is InChI=1S/C12H24O4Si/c1-7-15-10(13)12(4,11(14)16-8-2)17(5,6)9-3/h7-9H2,1-6H3. The average Bonchev–Trinajstić information content (AvgIpc) is 2.28. The van der Waals surface area contributed by atoms with Gasteiger partial charge < -0.3 is 9.47 Å². The Bertz CT molecular complexity index is 268. The lowest BCUT2D eigenvalue weighted by Gasteiger charge is -2.37. The van der Waals surface area contributed by atoms with E-state index in [1.165, 1.54) is 0 Å². The van der Waals surface area contributed by atoms with Gasteiger partial charge in [0.15, 0.2) is 5.04 Å². The number of esters is 2. The van der Waals surface area contributed by atoms with Crippen LogP contribution in [0.4, 0.5) is 0 Å². The summed E-state index contributed by atoms with van der Waals surface area (Å²) in [6, 6.07) is 0.821. The first-order chi connectivity index (χ1) is 7.77. The molecular weight excluding hydrogens is 236 g/mol. The number of carbonyl (C=O) groups excluding carboxylic acids is 2. The third-order valence-corrected chi connectivity index (χ3v) is 8.49. The third kappa shape index (κ3) is 3.09. The maximum Gasteiger partial charge on any atom is 0.320 e. The van der Waals surface area contributed by atoms with Gasteiger partial charge in [0.25, 0.3) is 0 Å². The molecule has 0 aromatic heterocycles. The predicted molar refractivity (Wildman–Crippen MR) is 69.6 cm³/mol. The van der Waals surface area contributed by atoms with Crippen molar-refractivity contribution in [3.05, 3.63) is 0 Å². The van der Waals surface area contributed by atoms with E-state index >= 15 is 0 Å². The van der Waals surface area contributed by atoms with Crippen LogP contribution in [0.1, 0.15) is 27.7 Å². The van der Waals surface area contributed by atoms with Crippen LogP contribution in [-0.2, 0) is 19.1 Å². The molecule has 0 unspecified atom stereocenters. The molecule has 0 saturated heterocycles. The lowest BCUT2D eigenvalue weighted by molar-refractivity contribution is -0.159. The van der Waals surface area contributed by atoms with E-state index in [-0.39, 0.29) is 13.2 Å². The summed E-state index contributed by atoms with van der Waals surface area (Å²) in [4.78, 5) is 24.2. The summed E-state index contributed by atoms with van der Waals surface area (Å²) in [5, 5.41) is -1.12. The molecule has 0 rings (SSSR count). The zero-order valence-corrected chi connectivity index (χ0v) is 12.8. The molecule has 0 fully saturated rings. The summed E-state index contributed by atoms with van der Waals surface area (Å²) in [5.74, 6) is -0.895. The molecule has 0 aliphatic heterocycles. The van der Waals surface area contributed by atoms with Gasteiger partial charge in [0.2, 0.25) is 0 Å². The molecule has 0 amide bonds. The SMILES string of the molecule is CCOC(=O)C(C)(C(=O)OCC)[Si](C)(C)CC. The Morgan fingerprint density at radius 2 is 1.35 bits per heavy atom. The summed E-state index contributed by atoms with van der Waals surface area (Å²) in [5.41, 5.74) is 0. The maximum absolute atomic E-state index is 12.1. The van der Waals surface area contributed by atoms with Crippen LogP contribution < -0.4 is 0 Å². The highest BCUT2D eigenvalue weighted by atomic mass is 28.3. The van der Waals surface area contributed by atoms with E-state index in [9.17, 15) is 9.59 Å². The second kappa shape index (κ2) is 6.19. The minimum Gasteiger partial charge on any atom is -0.465 e. The van der Waals surface area contributed by atoms with Crippen LogP contribution in [0, 0.1) is 0 Å². The Balaban J connectivity index is 5.35. The van der Waals surface area contributed by atoms with Crippen molar-refractivity contribution < 1.29 is 19.1 Å². The van der Waals surface area contributed by atoms with Crippen LogP contribution in [0.15, 0.2) is 0 Å². The molecular formula is C12H24O4Si. The molecule has 17 heavy (non-hydrogen) atoms. The summed E-state index contributed by atoms with van der Waals surface area (Å²) >= 11 is 0. The molecule has 0 bridgehead atoms. The van der Waals surface area contributed by atoms with Gasteiger partial charge in [-0.25, -0.2) is 0 Å². The molecule has 0 aromatic carbocycles. The van der Waals surface area contributed by atoms with Gasteiger partial charge in [-0.2, -0.15) is 0 Å². The Hall–Kier alpha value is -0.843. The first kappa shape index (κ1) is 16.2. The molecule has 0 N–H and O–H groups in total. The van der Waals surface area contributed by atoms with E-state index in [1.54, 1.807) is 20.8 Å². The Labute approximate surface area is 105 Å². The van der Waals surface area contributed by atoms with Crippen molar-refractivity contribution in [2.75, 3.05) is 13.2 Å². The van der Waals surface area contributed by atoms with Gasteiger partial charge in [-0.15, -0.1) is 0 Å². The molecule has 0 heterocycles. The lowest BCUT2D eigenvalue weighted by Crippen LogP contribution is -2.51. The zero-order valence-electron chi connectivity index (χ0n) is 11.8. The number of carbonyl (C=O) groups is 2. The fourth-order valence-corrected chi connectivity index (χ4v) is 3.50. The molecule has 0 aromatic rings. The quantitative estimate of drug-likeness (QED) is 0.418. The minimum absolute atomic E-state index is 0.280. The Morgan fingerprint density at radius 1 is 1.00 bits per heavy atom. The van der Waals surface area contributed by atoms with Crippen LogP contribution in [-0.4, -0.2) is 33.2 Å². The fraction of sp³-hybridized carbons (Fsp3) is 0.833. The van der Waals surface area contributed by atoms with Crippen molar-refractivity contribution in [1.82, 2.24) is 0 Å². The van der Waals surface area contributed by atoms with E-state index in [2.05, 4.69) is 0 Å². The average molecular weight is 260 g/mol. The van der Waals surface area contributed by atoms with Crippen LogP contribution in [0.2, 0.25) is 24.2 Å². The van der Waals surface area contributed by atoms with E-state index < -0.39 is 25.1 Å². The second-order valence-corrected chi connectivity index (χ2v) is 10.3. The Morgan fingerprint density at radius 3 is 1.59 bits per heavy atom. The van der Waals surface area contributed by atoms with Crippen molar-refractivity contribution >= 4 is 20.0 Å². The topological polar surface area (TPSA) is 52.6 Å². The molecule has 0 saturated carbocycles. The minimum atomic E-state index is -2.08. The first-order valence-corrected chi connectivity index (χ1v) is 9.33. The number of hydrogen-bond donors (Lipinski definition) is 0. The summed E-state index contributed by atoms with van der Waals surface area (Å²) in [7, 11) is -2.08. The van der Waals surface area contributed by atoms with Crippen LogP contribution in [0.5, 0.6) is 0 Å². The van der Waals surface area contributed by atoms with Crippen LogP contribution >= 0.6 is 0 Å². The predicted octanol–water partition coefficient (Wildman–Crippen LogP) is 2.60. The molecule has 5 heteroatoms. The van der Waals surface area contributed by atoms with Crippen molar-refractivity contribution in [2.24, 2.45) is 0 Å². The molecule has 100 valence electrons. The molecule has 4 nitrogen and oxygen atoms in total. The van der Waals surface area contributed by atoms with Crippen molar-refractivity contribution in [3.8, 4) is 0 Å².